The summed E-state index contributed by atoms with van der Waals surface area (Å²) >= 11 is 2.11. The molecule has 0 radical (unpaired) electrons. The summed E-state index contributed by atoms with van der Waals surface area (Å²) in [6, 6.07) is 5.21. The Morgan fingerprint density at radius 2 is 2.20 bits per heavy atom. The molecule has 4 heteroatoms. The van der Waals surface area contributed by atoms with E-state index >= 15 is 0 Å². The lowest BCUT2D eigenvalue weighted by molar-refractivity contribution is 0.477. The average Bonchev–Trinajstić information content (AvgIpc) is 1.88. The molecule has 0 atom stereocenters. The topological polar surface area (TPSA) is 58.3 Å². The molecule has 4 N–H and O–H groups in total. The second kappa shape index (κ2) is 3.07. The van der Waals surface area contributed by atoms with Crippen molar-refractivity contribution in [2.75, 3.05) is 5.43 Å². The van der Waals surface area contributed by atoms with Crippen LogP contribution in [-0.4, -0.2) is 5.11 Å². The van der Waals surface area contributed by atoms with Crippen LogP contribution in [0.2, 0.25) is 0 Å². The van der Waals surface area contributed by atoms with Gasteiger partial charge in [0.05, 0.1) is 5.69 Å². The van der Waals surface area contributed by atoms with Gasteiger partial charge in [-0.15, -0.1) is 0 Å². The van der Waals surface area contributed by atoms with Gasteiger partial charge in [0, 0.05) is 3.57 Å². The zero-order valence-electron chi connectivity index (χ0n) is 5.13. The molecule has 0 saturated heterocycles. The first-order chi connectivity index (χ1) is 4.74. The van der Waals surface area contributed by atoms with Crippen LogP contribution in [0.25, 0.3) is 0 Å². The summed E-state index contributed by atoms with van der Waals surface area (Å²) in [5.41, 5.74) is 2.91. The van der Waals surface area contributed by atoms with Gasteiger partial charge in [-0.25, -0.2) is 0 Å². The Morgan fingerprint density at radius 1 is 1.50 bits per heavy atom. The number of hydrogen-bond donors (Lipinski definition) is 3. The number of rotatable bonds is 1. The summed E-state index contributed by atoms with van der Waals surface area (Å²) in [6.45, 7) is 0. The van der Waals surface area contributed by atoms with Crippen molar-refractivity contribution in [3.05, 3.63) is 21.8 Å². The van der Waals surface area contributed by atoms with E-state index in [0.29, 0.717) is 5.69 Å². The smallest absolute Gasteiger partial charge is 0.141 e. The van der Waals surface area contributed by atoms with Crippen molar-refractivity contribution in [2.45, 2.75) is 0 Å². The van der Waals surface area contributed by atoms with E-state index in [1.807, 2.05) is 6.07 Å². The van der Waals surface area contributed by atoms with Crippen molar-refractivity contribution in [3.63, 3.8) is 0 Å². The summed E-state index contributed by atoms with van der Waals surface area (Å²) in [7, 11) is 0. The Morgan fingerprint density at radius 3 is 2.70 bits per heavy atom. The maximum Gasteiger partial charge on any atom is 0.141 e. The molecule has 3 nitrogen and oxygen atoms in total. The van der Waals surface area contributed by atoms with Crippen LogP contribution in [0.1, 0.15) is 0 Å². The highest BCUT2D eigenvalue weighted by Crippen LogP contribution is 2.23. The highest BCUT2D eigenvalue weighted by molar-refractivity contribution is 14.1. The van der Waals surface area contributed by atoms with E-state index in [1.54, 1.807) is 12.1 Å². The van der Waals surface area contributed by atoms with Gasteiger partial charge < -0.3 is 10.5 Å². The van der Waals surface area contributed by atoms with Gasteiger partial charge in [0.25, 0.3) is 0 Å². The van der Waals surface area contributed by atoms with Crippen LogP contribution in [0.5, 0.6) is 5.75 Å². The fourth-order valence-electron chi connectivity index (χ4n) is 0.627. The number of aromatic hydroxyl groups is 1. The van der Waals surface area contributed by atoms with Crippen molar-refractivity contribution >= 4 is 28.3 Å². The van der Waals surface area contributed by atoms with Gasteiger partial charge in [0.15, 0.2) is 0 Å². The summed E-state index contributed by atoms with van der Waals surface area (Å²) in [4.78, 5) is 0. The number of phenolic OH excluding ortho intramolecular Hbond substituents is 1. The molecule has 1 rings (SSSR count). The molecule has 0 aromatic heterocycles. The van der Waals surface area contributed by atoms with Gasteiger partial charge in [-0.05, 0) is 40.8 Å². The monoisotopic (exact) mass is 250 g/mol. The Balaban J connectivity index is 3.07. The predicted octanol–water partition coefficient (Wildman–Crippen LogP) is 1.28. The lowest BCUT2D eigenvalue weighted by Crippen LogP contribution is -2.06. The quantitative estimate of drug-likeness (QED) is 0.304. The molecule has 0 aliphatic heterocycles. The van der Waals surface area contributed by atoms with Crippen molar-refractivity contribution in [1.82, 2.24) is 0 Å². The highest BCUT2D eigenvalue weighted by Gasteiger charge is 1.96. The minimum Gasteiger partial charge on any atom is -0.506 e. The predicted molar refractivity (Wildman–Crippen MR) is 48.6 cm³/mol. The zero-order chi connectivity index (χ0) is 7.56. The van der Waals surface area contributed by atoms with Crippen LogP contribution in [0.15, 0.2) is 18.2 Å². The van der Waals surface area contributed by atoms with Crippen LogP contribution < -0.4 is 11.3 Å². The number of benzene rings is 1. The van der Waals surface area contributed by atoms with E-state index < -0.39 is 0 Å². The van der Waals surface area contributed by atoms with Crippen molar-refractivity contribution in [2.24, 2.45) is 5.84 Å². The summed E-state index contributed by atoms with van der Waals surface area (Å²) < 4.78 is 0.981. The molecule has 0 spiro atoms. The van der Waals surface area contributed by atoms with Crippen LogP contribution in [0.3, 0.4) is 0 Å². The van der Waals surface area contributed by atoms with E-state index in [2.05, 4.69) is 28.0 Å². The van der Waals surface area contributed by atoms with E-state index in [1.165, 1.54) is 0 Å². The molecule has 0 aliphatic rings. The summed E-state index contributed by atoms with van der Waals surface area (Å²) in [6.07, 6.45) is 0. The van der Waals surface area contributed by atoms with E-state index in [-0.39, 0.29) is 5.75 Å². The molecule has 1 aromatic carbocycles. The molecular weight excluding hydrogens is 243 g/mol. The Labute approximate surface area is 72.3 Å². The maximum atomic E-state index is 9.14. The van der Waals surface area contributed by atoms with Crippen molar-refractivity contribution in [3.8, 4) is 5.75 Å². The third-order valence-corrected chi connectivity index (χ3v) is 1.79. The second-order valence-electron chi connectivity index (χ2n) is 1.81. The van der Waals surface area contributed by atoms with Gasteiger partial charge in [-0.2, -0.15) is 0 Å². The molecule has 10 heavy (non-hydrogen) atoms. The Hall–Kier alpha value is -0.490. The Kier molecular flexibility index (Phi) is 2.34. The number of phenols is 1. The van der Waals surface area contributed by atoms with Gasteiger partial charge in [0.2, 0.25) is 0 Å². The molecule has 0 amide bonds. The fraction of sp³-hybridized carbons (Fsp3) is 0. The first kappa shape index (κ1) is 7.62. The van der Waals surface area contributed by atoms with Crippen LogP contribution in [0, 0.1) is 3.57 Å². The third-order valence-electron chi connectivity index (χ3n) is 1.12. The molecule has 54 valence electrons. The van der Waals surface area contributed by atoms with Crippen molar-refractivity contribution < 1.29 is 5.11 Å². The molecular formula is C6H7IN2O. The molecule has 0 heterocycles. The third kappa shape index (κ3) is 1.51. The van der Waals surface area contributed by atoms with Gasteiger partial charge >= 0.3 is 0 Å². The summed E-state index contributed by atoms with van der Waals surface area (Å²) in [5, 5.41) is 9.14. The minimum absolute atomic E-state index is 0.175. The number of nitrogens with one attached hydrogen (secondary N) is 1. The number of hydrazine groups is 1. The molecule has 0 bridgehead atoms. The first-order valence-electron chi connectivity index (χ1n) is 2.69. The lowest BCUT2D eigenvalue weighted by Gasteiger charge is -2.01. The molecule has 0 unspecified atom stereocenters. The largest absolute Gasteiger partial charge is 0.506 e. The number of anilines is 1. The standard InChI is InChI=1S/C6H7IN2O/c7-4-1-2-5(9-8)6(10)3-4/h1-3,9-10H,8H2. The molecule has 1 aromatic rings. The first-order valence-corrected chi connectivity index (χ1v) is 3.77. The summed E-state index contributed by atoms with van der Waals surface area (Å²) in [5.74, 6) is 5.26. The zero-order valence-corrected chi connectivity index (χ0v) is 7.29. The fourth-order valence-corrected chi connectivity index (χ4v) is 1.10. The number of hydrogen-bond acceptors (Lipinski definition) is 3. The number of halogens is 1. The van der Waals surface area contributed by atoms with Crippen LogP contribution >= 0.6 is 22.6 Å². The lowest BCUT2D eigenvalue weighted by atomic mass is 10.3. The van der Waals surface area contributed by atoms with Gasteiger partial charge in [-0.3, -0.25) is 5.84 Å². The molecule has 0 aliphatic carbocycles. The normalized spacial score (nSPS) is 9.40. The molecule has 0 saturated carbocycles. The van der Waals surface area contributed by atoms with E-state index in [9.17, 15) is 0 Å². The van der Waals surface area contributed by atoms with Gasteiger partial charge in [-0.1, -0.05) is 0 Å². The number of nitrogens with two attached hydrogens (primary N) is 1. The highest BCUT2D eigenvalue weighted by atomic mass is 127. The van der Waals surface area contributed by atoms with Crippen LogP contribution in [-0.2, 0) is 0 Å². The maximum absolute atomic E-state index is 9.14. The molecule has 0 fully saturated rings. The van der Waals surface area contributed by atoms with E-state index in [4.69, 9.17) is 10.9 Å². The Bertz CT molecular complexity index is 239. The minimum atomic E-state index is 0.175. The van der Waals surface area contributed by atoms with Gasteiger partial charge in [0.1, 0.15) is 5.75 Å². The SMILES string of the molecule is NNc1ccc(I)cc1O. The van der Waals surface area contributed by atoms with Crippen LogP contribution in [0.4, 0.5) is 5.69 Å². The van der Waals surface area contributed by atoms with Crippen molar-refractivity contribution in [1.29, 1.82) is 0 Å². The second-order valence-corrected chi connectivity index (χ2v) is 3.05. The number of nitrogen functional groups attached to an aromatic ring is 1. The average molecular weight is 250 g/mol. The van der Waals surface area contributed by atoms with E-state index in [0.717, 1.165) is 3.57 Å².